The third kappa shape index (κ3) is 1.92. The number of carbonyl (C=O) groups is 1. The van der Waals surface area contributed by atoms with Crippen LogP contribution in [0.15, 0.2) is 33.8 Å². The standard InChI is InChI=1S/C10H6FNO3S/c11-5-1-2-6(7(3-5)10(13)14)8-4-9(16)12-15-8/h1-4H,(H,12,16)(H,13,14). The van der Waals surface area contributed by atoms with Crippen molar-refractivity contribution in [3.8, 4) is 11.3 Å². The topological polar surface area (TPSA) is 63.3 Å². The van der Waals surface area contributed by atoms with Crippen molar-refractivity contribution in [2.24, 2.45) is 0 Å². The van der Waals surface area contributed by atoms with Gasteiger partial charge in [-0.3, -0.25) is 0 Å². The van der Waals surface area contributed by atoms with Gasteiger partial charge in [-0.05, 0) is 18.2 Å². The molecule has 0 spiro atoms. The summed E-state index contributed by atoms with van der Waals surface area (Å²) in [4.78, 5) is 10.9. The van der Waals surface area contributed by atoms with Crippen molar-refractivity contribution in [1.82, 2.24) is 5.16 Å². The lowest BCUT2D eigenvalue weighted by Crippen LogP contribution is -1.99. The highest BCUT2D eigenvalue weighted by Gasteiger charge is 2.16. The first-order valence-corrected chi connectivity index (χ1v) is 4.71. The molecule has 82 valence electrons. The second-order valence-corrected chi connectivity index (χ2v) is 3.50. The molecule has 0 atom stereocenters. The number of thiol groups is 1. The molecule has 0 unspecified atom stereocenters. The Hall–Kier alpha value is -1.82. The van der Waals surface area contributed by atoms with E-state index in [4.69, 9.17) is 9.63 Å². The zero-order valence-electron chi connectivity index (χ0n) is 7.85. The summed E-state index contributed by atoms with van der Waals surface area (Å²) >= 11 is 3.94. The average Bonchev–Trinajstić information content (AvgIpc) is 2.64. The van der Waals surface area contributed by atoms with Gasteiger partial charge in [0.05, 0.1) is 5.56 Å². The van der Waals surface area contributed by atoms with Crippen molar-refractivity contribution < 1.29 is 18.8 Å². The number of hydrogen-bond acceptors (Lipinski definition) is 4. The van der Waals surface area contributed by atoms with Crippen molar-refractivity contribution in [2.45, 2.75) is 5.03 Å². The Labute approximate surface area is 95.1 Å². The van der Waals surface area contributed by atoms with Gasteiger partial charge in [0.1, 0.15) is 10.8 Å². The molecule has 1 aromatic carbocycles. The molecule has 0 amide bonds. The van der Waals surface area contributed by atoms with Crippen LogP contribution in [-0.4, -0.2) is 16.2 Å². The van der Waals surface area contributed by atoms with Gasteiger partial charge in [-0.1, -0.05) is 5.16 Å². The molecule has 4 nitrogen and oxygen atoms in total. The fourth-order valence-corrected chi connectivity index (χ4v) is 1.46. The van der Waals surface area contributed by atoms with Crippen LogP contribution in [0.25, 0.3) is 11.3 Å². The van der Waals surface area contributed by atoms with Gasteiger partial charge in [0.15, 0.2) is 5.76 Å². The summed E-state index contributed by atoms with van der Waals surface area (Å²) in [5, 5.41) is 12.8. The Morgan fingerprint density at radius 3 is 2.75 bits per heavy atom. The molecule has 1 aromatic heterocycles. The molecule has 1 N–H and O–H groups in total. The van der Waals surface area contributed by atoms with E-state index in [9.17, 15) is 9.18 Å². The summed E-state index contributed by atoms with van der Waals surface area (Å²) in [6, 6.07) is 4.87. The fraction of sp³-hybridized carbons (Fsp3) is 0. The van der Waals surface area contributed by atoms with E-state index in [1.54, 1.807) is 0 Å². The molecular weight excluding hydrogens is 233 g/mol. The molecule has 2 aromatic rings. The lowest BCUT2D eigenvalue weighted by molar-refractivity contribution is 0.0697. The predicted molar refractivity (Wildman–Crippen MR) is 56.1 cm³/mol. The maximum absolute atomic E-state index is 12.9. The zero-order valence-corrected chi connectivity index (χ0v) is 8.74. The van der Waals surface area contributed by atoms with Crippen LogP contribution in [0.5, 0.6) is 0 Å². The first-order valence-electron chi connectivity index (χ1n) is 4.27. The maximum atomic E-state index is 12.9. The van der Waals surface area contributed by atoms with Crippen molar-refractivity contribution in [2.75, 3.05) is 0 Å². The van der Waals surface area contributed by atoms with Gasteiger partial charge < -0.3 is 9.63 Å². The molecule has 2 rings (SSSR count). The first-order chi connectivity index (χ1) is 7.58. The summed E-state index contributed by atoms with van der Waals surface area (Å²) < 4.78 is 17.8. The Morgan fingerprint density at radius 2 is 2.19 bits per heavy atom. The van der Waals surface area contributed by atoms with Crippen LogP contribution in [0.3, 0.4) is 0 Å². The van der Waals surface area contributed by atoms with E-state index in [-0.39, 0.29) is 16.9 Å². The fourth-order valence-electron chi connectivity index (χ4n) is 1.30. The van der Waals surface area contributed by atoms with Gasteiger partial charge in [-0.2, -0.15) is 0 Å². The van der Waals surface area contributed by atoms with E-state index in [1.165, 1.54) is 12.1 Å². The van der Waals surface area contributed by atoms with E-state index in [0.717, 1.165) is 12.1 Å². The van der Waals surface area contributed by atoms with Gasteiger partial charge in [0, 0.05) is 11.6 Å². The SMILES string of the molecule is O=C(O)c1cc(F)ccc1-c1cc(S)no1. The molecule has 0 fully saturated rings. The van der Waals surface area contributed by atoms with E-state index in [0.29, 0.717) is 5.03 Å². The molecule has 1 heterocycles. The second kappa shape index (κ2) is 3.97. The molecule has 0 saturated heterocycles. The number of carboxylic acids is 1. The van der Waals surface area contributed by atoms with Crippen LogP contribution in [0.2, 0.25) is 0 Å². The molecule has 0 bridgehead atoms. The Bertz CT molecular complexity index is 553. The number of aromatic carboxylic acids is 1. The van der Waals surface area contributed by atoms with Crippen molar-refractivity contribution in [3.63, 3.8) is 0 Å². The highest BCUT2D eigenvalue weighted by Crippen LogP contribution is 2.26. The van der Waals surface area contributed by atoms with E-state index < -0.39 is 11.8 Å². The number of hydrogen-bond donors (Lipinski definition) is 2. The predicted octanol–water partition coefficient (Wildman–Crippen LogP) is 2.47. The monoisotopic (exact) mass is 239 g/mol. The molecule has 6 heteroatoms. The van der Waals surface area contributed by atoms with E-state index in [2.05, 4.69) is 17.8 Å². The van der Waals surface area contributed by atoms with Crippen LogP contribution in [0, 0.1) is 5.82 Å². The van der Waals surface area contributed by atoms with Crippen LogP contribution >= 0.6 is 12.6 Å². The molecule has 0 aliphatic rings. The third-order valence-corrected chi connectivity index (χ3v) is 2.19. The number of aromatic nitrogens is 1. The number of carboxylic acid groups (broad SMARTS) is 1. The minimum Gasteiger partial charge on any atom is -0.478 e. The summed E-state index contributed by atoms with van der Waals surface area (Å²) in [5.74, 6) is -1.61. The summed E-state index contributed by atoms with van der Waals surface area (Å²) in [7, 11) is 0. The lowest BCUT2D eigenvalue weighted by Gasteiger charge is -2.01. The number of nitrogens with zero attached hydrogens (tertiary/aromatic N) is 1. The third-order valence-electron chi connectivity index (χ3n) is 1.98. The van der Waals surface area contributed by atoms with Crippen LogP contribution in [0.1, 0.15) is 10.4 Å². The molecule has 0 aliphatic carbocycles. The van der Waals surface area contributed by atoms with E-state index >= 15 is 0 Å². The quantitative estimate of drug-likeness (QED) is 0.790. The highest BCUT2D eigenvalue weighted by molar-refractivity contribution is 7.80. The van der Waals surface area contributed by atoms with Gasteiger partial charge in [-0.25, -0.2) is 9.18 Å². The van der Waals surface area contributed by atoms with Gasteiger partial charge in [0.2, 0.25) is 0 Å². The first kappa shape index (κ1) is 10.7. The Balaban J connectivity index is 2.60. The van der Waals surface area contributed by atoms with Crippen molar-refractivity contribution >= 4 is 18.6 Å². The Kier molecular flexibility index (Phi) is 2.66. The normalized spacial score (nSPS) is 10.4. The molecule has 0 saturated carbocycles. The summed E-state index contributed by atoms with van der Waals surface area (Å²) in [5.41, 5.74) is 0.0891. The maximum Gasteiger partial charge on any atom is 0.336 e. The lowest BCUT2D eigenvalue weighted by atomic mass is 10.1. The van der Waals surface area contributed by atoms with E-state index in [1.807, 2.05) is 0 Å². The molecule has 0 radical (unpaired) electrons. The largest absolute Gasteiger partial charge is 0.478 e. The minimum absolute atomic E-state index is 0.176. The smallest absolute Gasteiger partial charge is 0.336 e. The van der Waals surface area contributed by atoms with Gasteiger partial charge in [-0.15, -0.1) is 12.6 Å². The highest BCUT2D eigenvalue weighted by atomic mass is 32.1. The van der Waals surface area contributed by atoms with Gasteiger partial charge >= 0.3 is 5.97 Å². The zero-order chi connectivity index (χ0) is 11.7. The number of halogens is 1. The van der Waals surface area contributed by atoms with Crippen LogP contribution in [-0.2, 0) is 0 Å². The van der Waals surface area contributed by atoms with Gasteiger partial charge in [0.25, 0.3) is 0 Å². The summed E-state index contributed by atoms with van der Waals surface area (Å²) in [6.45, 7) is 0. The van der Waals surface area contributed by atoms with Crippen LogP contribution < -0.4 is 0 Å². The summed E-state index contributed by atoms with van der Waals surface area (Å²) in [6.07, 6.45) is 0. The second-order valence-electron chi connectivity index (χ2n) is 3.04. The van der Waals surface area contributed by atoms with Crippen molar-refractivity contribution in [1.29, 1.82) is 0 Å². The average molecular weight is 239 g/mol. The van der Waals surface area contributed by atoms with Crippen LogP contribution in [0.4, 0.5) is 4.39 Å². The Morgan fingerprint density at radius 1 is 1.44 bits per heavy atom. The minimum atomic E-state index is -1.23. The van der Waals surface area contributed by atoms with Crippen molar-refractivity contribution in [3.05, 3.63) is 35.6 Å². The number of benzene rings is 1. The number of rotatable bonds is 2. The molecule has 0 aliphatic heterocycles. The molecule has 16 heavy (non-hydrogen) atoms. The molecular formula is C10H6FNO3S.